The Morgan fingerprint density at radius 2 is 1.95 bits per heavy atom. The molecule has 2 atom stereocenters. The smallest absolute Gasteiger partial charge is 0.226 e. The molecule has 0 saturated carbocycles. The molecule has 2 unspecified atom stereocenters. The molecule has 1 aliphatic heterocycles. The number of benzene rings is 1. The SMILES string of the molecule is CC(N)C1CCCN(C(=O)C2Cc3ccccc3C2)C1. The molecule has 1 aliphatic carbocycles. The third-order valence-corrected chi connectivity index (χ3v) is 4.91. The first-order chi connectivity index (χ1) is 9.65. The Kier molecular flexibility index (Phi) is 3.79. The summed E-state index contributed by atoms with van der Waals surface area (Å²) in [4.78, 5) is 14.8. The van der Waals surface area contributed by atoms with E-state index in [1.54, 1.807) is 0 Å². The average Bonchev–Trinajstić information content (AvgIpc) is 2.90. The highest BCUT2D eigenvalue weighted by molar-refractivity contribution is 5.80. The Labute approximate surface area is 121 Å². The van der Waals surface area contributed by atoms with Crippen molar-refractivity contribution in [3.63, 3.8) is 0 Å². The van der Waals surface area contributed by atoms with Crippen molar-refractivity contribution >= 4 is 5.91 Å². The summed E-state index contributed by atoms with van der Waals surface area (Å²) in [7, 11) is 0. The Morgan fingerprint density at radius 1 is 1.30 bits per heavy atom. The molecule has 2 aliphatic rings. The van der Waals surface area contributed by atoms with Crippen LogP contribution in [0.1, 0.15) is 30.9 Å². The van der Waals surface area contributed by atoms with Gasteiger partial charge in [0, 0.05) is 25.0 Å². The van der Waals surface area contributed by atoms with Crippen molar-refractivity contribution in [3.05, 3.63) is 35.4 Å². The molecule has 3 heteroatoms. The Morgan fingerprint density at radius 3 is 2.55 bits per heavy atom. The van der Waals surface area contributed by atoms with Gasteiger partial charge in [0.2, 0.25) is 5.91 Å². The Bertz CT molecular complexity index is 473. The van der Waals surface area contributed by atoms with Crippen molar-refractivity contribution in [3.8, 4) is 0 Å². The van der Waals surface area contributed by atoms with Gasteiger partial charge < -0.3 is 10.6 Å². The van der Waals surface area contributed by atoms with Crippen LogP contribution in [0.5, 0.6) is 0 Å². The van der Waals surface area contributed by atoms with Gasteiger partial charge in [0.05, 0.1) is 0 Å². The van der Waals surface area contributed by atoms with Crippen LogP contribution in [0.15, 0.2) is 24.3 Å². The van der Waals surface area contributed by atoms with Crippen LogP contribution >= 0.6 is 0 Å². The van der Waals surface area contributed by atoms with Crippen molar-refractivity contribution in [1.29, 1.82) is 0 Å². The van der Waals surface area contributed by atoms with Crippen LogP contribution in [0.25, 0.3) is 0 Å². The number of piperidine rings is 1. The number of hydrogen-bond donors (Lipinski definition) is 1. The predicted molar refractivity (Wildman–Crippen MR) is 80.3 cm³/mol. The molecule has 0 aromatic heterocycles. The van der Waals surface area contributed by atoms with Crippen LogP contribution in [0.4, 0.5) is 0 Å². The molecule has 0 bridgehead atoms. The maximum atomic E-state index is 12.7. The molecule has 0 spiro atoms. The largest absolute Gasteiger partial charge is 0.342 e. The molecule has 0 radical (unpaired) electrons. The van der Waals surface area contributed by atoms with E-state index in [9.17, 15) is 4.79 Å². The molecule has 108 valence electrons. The van der Waals surface area contributed by atoms with E-state index < -0.39 is 0 Å². The van der Waals surface area contributed by atoms with Crippen LogP contribution in [0, 0.1) is 11.8 Å². The number of nitrogens with zero attached hydrogens (tertiary/aromatic N) is 1. The minimum absolute atomic E-state index is 0.152. The van der Waals surface area contributed by atoms with E-state index in [2.05, 4.69) is 36.1 Å². The van der Waals surface area contributed by atoms with Gasteiger partial charge in [-0.25, -0.2) is 0 Å². The molecule has 1 aromatic rings. The Hall–Kier alpha value is -1.35. The lowest BCUT2D eigenvalue weighted by atomic mass is 9.91. The van der Waals surface area contributed by atoms with Crippen LogP contribution in [0.2, 0.25) is 0 Å². The fourth-order valence-corrected chi connectivity index (χ4v) is 3.63. The number of rotatable bonds is 2. The normalized spacial score (nSPS) is 24.5. The van der Waals surface area contributed by atoms with Crippen molar-refractivity contribution in [2.75, 3.05) is 13.1 Å². The van der Waals surface area contributed by atoms with Gasteiger partial charge in [0.15, 0.2) is 0 Å². The number of hydrogen-bond acceptors (Lipinski definition) is 2. The first kappa shape index (κ1) is 13.6. The second kappa shape index (κ2) is 5.57. The van der Waals surface area contributed by atoms with Crippen LogP contribution < -0.4 is 5.73 Å². The first-order valence-electron chi connectivity index (χ1n) is 7.76. The minimum Gasteiger partial charge on any atom is -0.342 e. The van der Waals surface area contributed by atoms with E-state index in [1.807, 2.05) is 0 Å². The summed E-state index contributed by atoms with van der Waals surface area (Å²) >= 11 is 0. The summed E-state index contributed by atoms with van der Waals surface area (Å²) in [6, 6.07) is 8.64. The summed E-state index contributed by atoms with van der Waals surface area (Å²) in [5, 5.41) is 0. The summed E-state index contributed by atoms with van der Waals surface area (Å²) in [6.45, 7) is 3.82. The van der Waals surface area contributed by atoms with Crippen LogP contribution in [0.3, 0.4) is 0 Å². The highest BCUT2D eigenvalue weighted by Gasteiger charge is 2.33. The molecular formula is C17H24N2O. The van der Waals surface area contributed by atoms with E-state index in [4.69, 9.17) is 5.73 Å². The third-order valence-electron chi connectivity index (χ3n) is 4.91. The lowest BCUT2D eigenvalue weighted by Crippen LogP contribution is -2.47. The molecule has 20 heavy (non-hydrogen) atoms. The van der Waals surface area contributed by atoms with Crippen molar-refractivity contribution < 1.29 is 4.79 Å². The van der Waals surface area contributed by atoms with Crippen LogP contribution in [-0.4, -0.2) is 29.9 Å². The number of likely N-dealkylation sites (tertiary alicyclic amines) is 1. The number of carbonyl (C=O) groups is 1. The monoisotopic (exact) mass is 272 g/mol. The van der Waals surface area contributed by atoms with E-state index >= 15 is 0 Å². The molecule has 1 saturated heterocycles. The number of carbonyl (C=O) groups excluding carboxylic acids is 1. The Balaban J connectivity index is 1.66. The van der Waals surface area contributed by atoms with E-state index in [-0.39, 0.29) is 12.0 Å². The number of fused-ring (bicyclic) bond motifs is 1. The van der Waals surface area contributed by atoms with Crippen molar-refractivity contribution in [2.24, 2.45) is 17.6 Å². The van der Waals surface area contributed by atoms with Gasteiger partial charge in [0.25, 0.3) is 0 Å². The number of nitrogens with two attached hydrogens (primary N) is 1. The molecule has 3 nitrogen and oxygen atoms in total. The van der Waals surface area contributed by atoms with Gasteiger partial charge in [-0.1, -0.05) is 24.3 Å². The summed E-state index contributed by atoms with van der Waals surface area (Å²) in [6.07, 6.45) is 4.08. The highest BCUT2D eigenvalue weighted by Crippen LogP contribution is 2.29. The highest BCUT2D eigenvalue weighted by atomic mass is 16.2. The molecule has 1 fully saturated rings. The van der Waals surface area contributed by atoms with E-state index in [0.717, 1.165) is 38.8 Å². The van der Waals surface area contributed by atoms with Crippen molar-refractivity contribution in [1.82, 2.24) is 4.90 Å². The van der Waals surface area contributed by atoms with Crippen molar-refractivity contribution in [2.45, 2.75) is 38.6 Å². The third kappa shape index (κ3) is 2.59. The fourth-order valence-electron chi connectivity index (χ4n) is 3.63. The predicted octanol–water partition coefficient (Wildman–Crippen LogP) is 1.99. The van der Waals surface area contributed by atoms with Gasteiger partial charge in [-0.3, -0.25) is 4.79 Å². The fraction of sp³-hybridized carbons (Fsp3) is 0.588. The zero-order chi connectivity index (χ0) is 14.1. The van der Waals surface area contributed by atoms with Gasteiger partial charge in [-0.2, -0.15) is 0 Å². The maximum absolute atomic E-state index is 12.7. The van der Waals surface area contributed by atoms with Crippen LogP contribution in [-0.2, 0) is 17.6 Å². The topological polar surface area (TPSA) is 46.3 Å². The lowest BCUT2D eigenvalue weighted by molar-refractivity contribution is -0.137. The van der Waals surface area contributed by atoms with Gasteiger partial charge in [-0.05, 0) is 49.7 Å². The summed E-state index contributed by atoms with van der Waals surface area (Å²) < 4.78 is 0. The zero-order valence-electron chi connectivity index (χ0n) is 12.2. The molecular weight excluding hydrogens is 248 g/mol. The molecule has 1 heterocycles. The second-order valence-corrected chi connectivity index (χ2v) is 6.42. The quantitative estimate of drug-likeness (QED) is 0.895. The first-order valence-corrected chi connectivity index (χ1v) is 7.76. The maximum Gasteiger partial charge on any atom is 0.226 e. The second-order valence-electron chi connectivity index (χ2n) is 6.42. The standard InChI is InChI=1S/C17H24N2O/c1-12(18)15-7-4-8-19(11-15)17(20)16-9-13-5-2-3-6-14(13)10-16/h2-3,5-6,12,15-16H,4,7-11,18H2,1H3. The molecule has 1 aromatic carbocycles. The lowest BCUT2D eigenvalue weighted by Gasteiger charge is -2.36. The van der Waals surface area contributed by atoms with Gasteiger partial charge in [-0.15, -0.1) is 0 Å². The summed E-state index contributed by atoms with van der Waals surface area (Å²) in [5.74, 6) is 0.960. The molecule has 3 rings (SSSR count). The molecule has 2 N–H and O–H groups in total. The van der Waals surface area contributed by atoms with E-state index in [0.29, 0.717) is 11.8 Å². The van der Waals surface area contributed by atoms with Gasteiger partial charge in [0.1, 0.15) is 0 Å². The zero-order valence-corrected chi connectivity index (χ0v) is 12.2. The molecule has 1 amide bonds. The average molecular weight is 272 g/mol. The number of amides is 1. The summed E-state index contributed by atoms with van der Waals surface area (Å²) in [5.41, 5.74) is 8.72. The minimum atomic E-state index is 0.152. The van der Waals surface area contributed by atoms with Gasteiger partial charge >= 0.3 is 0 Å². The van der Waals surface area contributed by atoms with E-state index in [1.165, 1.54) is 11.1 Å².